The molecule has 0 atom stereocenters. The molecule has 1 rings (SSSR count). The first-order valence-electron chi connectivity index (χ1n) is 4.09. The van der Waals surface area contributed by atoms with Crippen molar-refractivity contribution in [1.82, 2.24) is 0 Å². The van der Waals surface area contributed by atoms with Crippen molar-refractivity contribution in [2.75, 3.05) is 0 Å². The molecule has 2 heteroatoms. The van der Waals surface area contributed by atoms with Gasteiger partial charge in [0.25, 0.3) is 0 Å². The van der Waals surface area contributed by atoms with Gasteiger partial charge in [-0.1, -0.05) is 24.3 Å². The maximum atomic E-state index is 10.3. The van der Waals surface area contributed by atoms with Crippen molar-refractivity contribution in [2.24, 2.45) is 0 Å². The Bertz CT molecular complexity index is 309. The third kappa shape index (κ3) is 2.84. The van der Waals surface area contributed by atoms with Crippen LogP contribution in [0.2, 0.25) is 0 Å². The van der Waals surface area contributed by atoms with Gasteiger partial charge in [-0.25, -0.2) is 0 Å². The normalized spacial score (nSPS) is 11.4. The fourth-order valence-corrected chi connectivity index (χ4v) is 1.02. The Kier molecular flexibility index (Phi) is 3.41. The minimum absolute atomic E-state index is 0.0522. The van der Waals surface area contributed by atoms with E-state index in [1.165, 1.54) is 0 Å². The van der Waals surface area contributed by atoms with Crippen molar-refractivity contribution < 1.29 is 9.90 Å². The van der Waals surface area contributed by atoms with Gasteiger partial charge in [0.15, 0.2) is 0 Å². The zero-order valence-electron chi connectivity index (χ0n) is 7.53. The molecule has 0 aliphatic carbocycles. The molecule has 0 aliphatic heterocycles. The Morgan fingerprint density at radius 1 is 1.38 bits per heavy atom. The highest BCUT2D eigenvalue weighted by molar-refractivity contribution is 5.80. The van der Waals surface area contributed by atoms with Crippen molar-refractivity contribution in [2.45, 2.75) is 13.5 Å². The highest BCUT2D eigenvalue weighted by Gasteiger charge is 1.91. The molecule has 0 saturated heterocycles. The maximum Gasteiger partial charge on any atom is 0.145 e. The van der Waals surface area contributed by atoms with Gasteiger partial charge in [0, 0.05) is 0 Å². The Hall–Kier alpha value is -1.41. The first-order valence-corrected chi connectivity index (χ1v) is 4.09. The summed E-state index contributed by atoms with van der Waals surface area (Å²) in [6, 6.07) is 7.42. The molecule has 0 saturated carbocycles. The van der Waals surface area contributed by atoms with E-state index in [0.717, 1.165) is 17.4 Å². The Morgan fingerprint density at radius 2 is 2.00 bits per heavy atom. The van der Waals surface area contributed by atoms with Crippen LogP contribution in [0.1, 0.15) is 18.1 Å². The second-order valence-electron chi connectivity index (χ2n) is 2.91. The summed E-state index contributed by atoms with van der Waals surface area (Å²) in [6.45, 7) is 1.81. The summed E-state index contributed by atoms with van der Waals surface area (Å²) in [7, 11) is 0. The molecule has 2 nitrogen and oxygen atoms in total. The highest BCUT2D eigenvalue weighted by Crippen LogP contribution is 2.07. The zero-order chi connectivity index (χ0) is 9.68. The van der Waals surface area contributed by atoms with Crippen LogP contribution in [-0.2, 0) is 11.4 Å². The lowest BCUT2D eigenvalue weighted by atomic mass is 10.1. The number of allylic oxidation sites excluding steroid dienone is 1. The van der Waals surface area contributed by atoms with Crippen LogP contribution in [0.5, 0.6) is 0 Å². The molecule has 0 bridgehead atoms. The molecule has 0 spiro atoms. The molecular weight excluding hydrogens is 164 g/mol. The summed E-state index contributed by atoms with van der Waals surface area (Å²) >= 11 is 0. The molecule has 1 aromatic carbocycles. The predicted molar refractivity (Wildman–Crippen MR) is 52.1 cm³/mol. The monoisotopic (exact) mass is 176 g/mol. The second-order valence-corrected chi connectivity index (χ2v) is 2.91. The number of rotatable bonds is 3. The standard InChI is InChI=1S/C11H12O2/c1-9(7-12)6-10-2-4-11(8-13)5-3-10/h2-7,13H,8H2,1H3/b9-6+. The quantitative estimate of drug-likeness (QED) is 0.563. The fourth-order valence-electron chi connectivity index (χ4n) is 1.02. The average molecular weight is 176 g/mol. The molecule has 68 valence electrons. The van der Waals surface area contributed by atoms with E-state index in [0.29, 0.717) is 5.57 Å². The molecule has 1 N–H and O–H groups in total. The fraction of sp³-hybridized carbons (Fsp3) is 0.182. The Balaban J connectivity index is 2.86. The van der Waals surface area contributed by atoms with Crippen molar-refractivity contribution >= 4 is 12.4 Å². The number of aliphatic hydroxyl groups is 1. The van der Waals surface area contributed by atoms with Gasteiger partial charge in [0.05, 0.1) is 6.61 Å². The van der Waals surface area contributed by atoms with Crippen LogP contribution in [0.3, 0.4) is 0 Å². The smallest absolute Gasteiger partial charge is 0.145 e. The zero-order valence-corrected chi connectivity index (χ0v) is 7.53. The average Bonchev–Trinajstić information content (AvgIpc) is 2.19. The maximum absolute atomic E-state index is 10.3. The molecule has 13 heavy (non-hydrogen) atoms. The number of hydrogen-bond donors (Lipinski definition) is 1. The number of aliphatic hydroxyl groups excluding tert-OH is 1. The number of benzene rings is 1. The van der Waals surface area contributed by atoms with Crippen LogP contribution in [-0.4, -0.2) is 11.4 Å². The lowest BCUT2D eigenvalue weighted by Crippen LogP contribution is -1.83. The van der Waals surface area contributed by atoms with Crippen molar-refractivity contribution in [3.63, 3.8) is 0 Å². The van der Waals surface area contributed by atoms with Crippen molar-refractivity contribution in [3.05, 3.63) is 41.0 Å². The largest absolute Gasteiger partial charge is 0.392 e. The van der Waals surface area contributed by atoms with Gasteiger partial charge in [-0.15, -0.1) is 0 Å². The van der Waals surface area contributed by atoms with Gasteiger partial charge < -0.3 is 5.11 Å². The molecule has 0 radical (unpaired) electrons. The number of hydrogen-bond acceptors (Lipinski definition) is 2. The Morgan fingerprint density at radius 3 is 2.46 bits per heavy atom. The summed E-state index contributed by atoms with van der Waals surface area (Å²) in [5.41, 5.74) is 2.54. The molecule has 0 aliphatic rings. The SMILES string of the molecule is C/C(C=O)=C\c1ccc(CO)cc1. The van der Waals surface area contributed by atoms with E-state index in [2.05, 4.69) is 0 Å². The predicted octanol–water partition coefficient (Wildman–Crippen LogP) is 1.78. The van der Waals surface area contributed by atoms with Gasteiger partial charge in [-0.3, -0.25) is 4.79 Å². The molecule has 0 heterocycles. The second kappa shape index (κ2) is 4.58. The van der Waals surface area contributed by atoms with Gasteiger partial charge in [0.1, 0.15) is 6.29 Å². The van der Waals surface area contributed by atoms with E-state index in [-0.39, 0.29) is 6.61 Å². The Labute approximate surface area is 77.5 Å². The van der Waals surface area contributed by atoms with Crippen molar-refractivity contribution in [1.29, 1.82) is 0 Å². The van der Waals surface area contributed by atoms with E-state index in [4.69, 9.17) is 5.11 Å². The molecule has 0 unspecified atom stereocenters. The number of carbonyl (C=O) groups is 1. The summed E-state index contributed by atoms with van der Waals surface area (Å²) < 4.78 is 0. The summed E-state index contributed by atoms with van der Waals surface area (Å²) in [5.74, 6) is 0. The summed E-state index contributed by atoms with van der Waals surface area (Å²) in [6.07, 6.45) is 2.62. The first kappa shape index (κ1) is 9.68. The van der Waals surface area contributed by atoms with Gasteiger partial charge >= 0.3 is 0 Å². The molecule has 0 fully saturated rings. The van der Waals surface area contributed by atoms with Crippen molar-refractivity contribution in [3.8, 4) is 0 Å². The molecule has 1 aromatic rings. The van der Waals surface area contributed by atoms with E-state index < -0.39 is 0 Å². The van der Waals surface area contributed by atoms with E-state index in [1.807, 2.05) is 24.3 Å². The number of aldehydes is 1. The van der Waals surface area contributed by atoms with Crippen LogP contribution in [0, 0.1) is 0 Å². The van der Waals surface area contributed by atoms with Gasteiger partial charge in [-0.2, -0.15) is 0 Å². The third-order valence-corrected chi connectivity index (χ3v) is 1.74. The van der Waals surface area contributed by atoms with Crippen LogP contribution < -0.4 is 0 Å². The lowest BCUT2D eigenvalue weighted by molar-refractivity contribution is -0.104. The molecule has 0 aromatic heterocycles. The summed E-state index contributed by atoms with van der Waals surface area (Å²) in [5, 5.41) is 8.78. The molecule has 0 amide bonds. The van der Waals surface area contributed by atoms with E-state index in [1.54, 1.807) is 13.0 Å². The third-order valence-electron chi connectivity index (χ3n) is 1.74. The number of carbonyl (C=O) groups excluding carboxylic acids is 1. The highest BCUT2D eigenvalue weighted by atomic mass is 16.3. The van der Waals surface area contributed by atoms with Gasteiger partial charge in [0.2, 0.25) is 0 Å². The van der Waals surface area contributed by atoms with E-state index >= 15 is 0 Å². The minimum Gasteiger partial charge on any atom is -0.392 e. The van der Waals surface area contributed by atoms with Gasteiger partial charge in [-0.05, 0) is 29.7 Å². The topological polar surface area (TPSA) is 37.3 Å². The van der Waals surface area contributed by atoms with E-state index in [9.17, 15) is 4.79 Å². The first-order chi connectivity index (χ1) is 6.26. The molecular formula is C11H12O2. The summed E-state index contributed by atoms with van der Waals surface area (Å²) in [4.78, 5) is 10.3. The van der Waals surface area contributed by atoms with Crippen LogP contribution in [0.15, 0.2) is 29.8 Å². The van der Waals surface area contributed by atoms with Crippen LogP contribution in [0.25, 0.3) is 6.08 Å². The van der Waals surface area contributed by atoms with Crippen LogP contribution in [0.4, 0.5) is 0 Å². The lowest BCUT2D eigenvalue weighted by Gasteiger charge is -1.97. The van der Waals surface area contributed by atoms with Crippen LogP contribution >= 0.6 is 0 Å². The minimum atomic E-state index is 0.0522.